The van der Waals surface area contributed by atoms with Gasteiger partial charge in [-0.25, -0.2) is 8.78 Å². The Morgan fingerprint density at radius 2 is 1.64 bits per heavy atom. The predicted octanol–water partition coefficient (Wildman–Crippen LogP) is 6.95. The zero-order valence-electron chi connectivity index (χ0n) is 25.7. The maximum Gasteiger partial charge on any atom is 0.303 e. The average molecular weight is 615 g/mol. The Hall–Kier alpha value is -4.11. The number of ether oxygens (including phenoxy) is 1. The zero-order chi connectivity index (χ0) is 32.0. The van der Waals surface area contributed by atoms with Gasteiger partial charge in [-0.15, -0.1) is 0 Å². The Morgan fingerprint density at radius 1 is 0.933 bits per heavy atom. The maximum atomic E-state index is 14.2. The molecule has 4 aromatic rings. The first-order valence-electron chi connectivity index (χ1n) is 15.3. The van der Waals surface area contributed by atoms with E-state index in [1.54, 1.807) is 18.2 Å². The van der Waals surface area contributed by atoms with Gasteiger partial charge >= 0.3 is 5.97 Å². The number of aliphatic carboxylic acids is 1. The van der Waals surface area contributed by atoms with Crippen LogP contribution in [0.15, 0.2) is 84.9 Å². The highest BCUT2D eigenvalue weighted by molar-refractivity contribution is 5.67. The Bertz CT molecular complexity index is 1600. The first-order chi connectivity index (χ1) is 21.6. The summed E-state index contributed by atoms with van der Waals surface area (Å²) in [5.74, 6) is -2.43. The van der Waals surface area contributed by atoms with Crippen molar-refractivity contribution in [2.24, 2.45) is 0 Å². The number of nitrogens with zero attached hydrogens (tertiary/aromatic N) is 1. The van der Waals surface area contributed by atoms with E-state index in [1.165, 1.54) is 5.56 Å². The molecule has 3 N–H and O–H groups in total. The molecule has 4 aromatic carbocycles. The quantitative estimate of drug-likeness (QED) is 0.150. The van der Waals surface area contributed by atoms with Crippen LogP contribution in [-0.4, -0.2) is 34.2 Å². The normalized spacial score (nSPS) is 15.5. The molecule has 1 heterocycles. The van der Waals surface area contributed by atoms with E-state index in [-0.39, 0.29) is 25.2 Å². The van der Waals surface area contributed by atoms with E-state index in [0.717, 1.165) is 67.4 Å². The van der Waals surface area contributed by atoms with Crippen molar-refractivity contribution in [3.8, 4) is 5.75 Å². The van der Waals surface area contributed by atoms with Gasteiger partial charge in [0.2, 0.25) is 0 Å². The van der Waals surface area contributed by atoms with E-state index in [4.69, 9.17) is 4.74 Å². The number of carboxylic acids is 1. The molecule has 0 amide bonds. The van der Waals surface area contributed by atoms with Crippen molar-refractivity contribution in [1.29, 1.82) is 0 Å². The second kappa shape index (κ2) is 14.3. The second-order valence-electron chi connectivity index (χ2n) is 12.1. The molecule has 0 aliphatic carbocycles. The lowest BCUT2D eigenvalue weighted by Crippen LogP contribution is -2.52. The number of aliphatic hydroxyl groups is 1. The molecule has 1 atom stereocenters. The van der Waals surface area contributed by atoms with Crippen LogP contribution in [-0.2, 0) is 29.9 Å². The van der Waals surface area contributed by atoms with Crippen LogP contribution in [0.1, 0.15) is 64.4 Å². The maximum absolute atomic E-state index is 14.2. The molecule has 0 radical (unpaired) electrons. The third-order valence-corrected chi connectivity index (χ3v) is 8.55. The summed E-state index contributed by atoms with van der Waals surface area (Å²) in [7, 11) is 0. The second-order valence-corrected chi connectivity index (χ2v) is 12.1. The molecule has 236 valence electrons. The van der Waals surface area contributed by atoms with Crippen molar-refractivity contribution >= 4 is 5.97 Å². The number of hydrogen-bond acceptors (Lipinski definition) is 5. The van der Waals surface area contributed by atoms with Crippen LogP contribution in [0.25, 0.3) is 0 Å². The Morgan fingerprint density at radius 3 is 2.33 bits per heavy atom. The number of likely N-dealkylation sites (tertiary alicyclic amines) is 1. The summed E-state index contributed by atoms with van der Waals surface area (Å²) in [6, 6.07) is 25.2. The van der Waals surface area contributed by atoms with Gasteiger partial charge in [0.05, 0.1) is 0 Å². The van der Waals surface area contributed by atoms with Crippen molar-refractivity contribution in [2.45, 2.75) is 64.4 Å². The monoisotopic (exact) mass is 614 g/mol. The zero-order valence-corrected chi connectivity index (χ0v) is 25.7. The molecule has 1 unspecified atom stereocenters. The molecule has 1 saturated heterocycles. The molecule has 8 heteroatoms. The van der Waals surface area contributed by atoms with Crippen LogP contribution in [0, 0.1) is 25.5 Å². The Labute approximate surface area is 263 Å². The fraction of sp³-hybridized carbons (Fsp3) is 0.324. The standard InChI is InChI=1S/C37H40F2N2O4/c1-25-18-26(2)20-30(19-25)37(14-16-41(17-15-37)23-27-6-4-3-5-7-27)40-36(44)32-21-28(8-9-29(32)10-13-35(42)43)24-45-34-22-31(38)11-12-33(34)39/h3-9,11-12,18-22,36,40,44H,10,13-17,23-24H2,1-2H3,(H,42,43). The molecular weight excluding hydrogens is 574 g/mol. The van der Waals surface area contributed by atoms with Gasteiger partial charge in [0.15, 0.2) is 11.6 Å². The number of nitrogens with one attached hydrogen (secondary N) is 1. The molecule has 45 heavy (non-hydrogen) atoms. The molecule has 1 aliphatic rings. The lowest BCUT2D eigenvalue weighted by atomic mass is 9.79. The molecule has 0 bridgehead atoms. The number of benzene rings is 4. The first kappa shape index (κ1) is 32.3. The summed E-state index contributed by atoms with van der Waals surface area (Å²) in [6.45, 7) is 6.57. The Balaban J connectivity index is 1.42. The van der Waals surface area contributed by atoms with Crippen molar-refractivity contribution in [3.05, 3.63) is 136 Å². The minimum Gasteiger partial charge on any atom is -0.486 e. The molecule has 0 aromatic heterocycles. The summed E-state index contributed by atoms with van der Waals surface area (Å²) in [4.78, 5) is 13.9. The van der Waals surface area contributed by atoms with Gasteiger partial charge in [-0.3, -0.25) is 15.0 Å². The number of halogens is 2. The summed E-state index contributed by atoms with van der Waals surface area (Å²) in [6.07, 6.45) is 0.518. The topological polar surface area (TPSA) is 82.0 Å². The Kier molecular flexibility index (Phi) is 10.3. The molecule has 6 nitrogen and oxygen atoms in total. The van der Waals surface area contributed by atoms with Crippen molar-refractivity contribution in [2.75, 3.05) is 13.1 Å². The van der Waals surface area contributed by atoms with Gasteiger partial charge in [-0.1, -0.05) is 71.8 Å². The summed E-state index contributed by atoms with van der Waals surface area (Å²) >= 11 is 0. The van der Waals surface area contributed by atoms with Gasteiger partial charge in [0, 0.05) is 37.7 Å². The minimum atomic E-state index is -1.12. The summed E-state index contributed by atoms with van der Waals surface area (Å²) in [5.41, 5.74) is 5.95. The van der Waals surface area contributed by atoms with E-state index in [9.17, 15) is 23.8 Å². The molecule has 0 spiro atoms. The number of piperidine rings is 1. The van der Waals surface area contributed by atoms with Gasteiger partial charge in [0.25, 0.3) is 0 Å². The predicted molar refractivity (Wildman–Crippen MR) is 170 cm³/mol. The molecule has 5 rings (SSSR count). The van der Waals surface area contributed by atoms with E-state index in [2.05, 4.69) is 54.4 Å². The van der Waals surface area contributed by atoms with Gasteiger partial charge in [0.1, 0.15) is 18.7 Å². The van der Waals surface area contributed by atoms with Gasteiger partial charge < -0.3 is 14.9 Å². The summed E-state index contributed by atoms with van der Waals surface area (Å²) < 4.78 is 33.5. The van der Waals surface area contributed by atoms with E-state index in [1.807, 2.05) is 18.2 Å². The average Bonchev–Trinajstić information content (AvgIpc) is 3.01. The van der Waals surface area contributed by atoms with Crippen LogP contribution in [0.2, 0.25) is 0 Å². The van der Waals surface area contributed by atoms with Crippen molar-refractivity contribution in [1.82, 2.24) is 10.2 Å². The molecule has 1 fully saturated rings. The largest absolute Gasteiger partial charge is 0.486 e. The highest BCUT2D eigenvalue weighted by atomic mass is 19.1. The molecular formula is C37H40F2N2O4. The number of rotatable bonds is 12. The van der Waals surface area contributed by atoms with Crippen molar-refractivity contribution < 1.29 is 28.5 Å². The SMILES string of the molecule is Cc1cc(C)cc(C2(NC(O)c3cc(COc4cc(F)ccc4F)ccc3CCC(=O)O)CCN(Cc3ccccc3)CC2)c1. The fourth-order valence-corrected chi connectivity index (χ4v) is 6.25. The van der Waals surface area contributed by atoms with E-state index >= 15 is 0 Å². The number of aryl methyl sites for hydroxylation is 3. The number of aliphatic hydroxyl groups excluding tert-OH is 1. The van der Waals surface area contributed by atoms with Crippen LogP contribution in [0.5, 0.6) is 5.75 Å². The van der Waals surface area contributed by atoms with Crippen LogP contribution >= 0.6 is 0 Å². The highest BCUT2D eigenvalue weighted by Crippen LogP contribution is 2.37. The lowest BCUT2D eigenvalue weighted by Gasteiger charge is -2.44. The van der Waals surface area contributed by atoms with Gasteiger partial charge in [-0.05, 0) is 79.1 Å². The van der Waals surface area contributed by atoms with E-state index in [0.29, 0.717) is 16.7 Å². The fourth-order valence-electron chi connectivity index (χ4n) is 6.25. The lowest BCUT2D eigenvalue weighted by molar-refractivity contribution is -0.136. The minimum absolute atomic E-state index is 0.0596. The number of carboxylic acid groups (broad SMARTS) is 1. The summed E-state index contributed by atoms with van der Waals surface area (Å²) in [5, 5.41) is 24.8. The molecule has 1 aliphatic heterocycles. The number of carbonyl (C=O) groups is 1. The van der Waals surface area contributed by atoms with Gasteiger partial charge in [-0.2, -0.15) is 0 Å². The third kappa shape index (κ3) is 8.34. The smallest absolute Gasteiger partial charge is 0.303 e. The molecule has 0 saturated carbocycles. The highest BCUT2D eigenvalue weighted by Gasteiger charge is 2.38. The van der Waals surface area contributed by atoms with Crippen molar-refractivity contribution in [3.63, 3.8) is 0 Å². The number of hydrogen-bond donors (Lipinski definition) is 3. The third-order valence-electron chi connectivity index (χ3n) is 8.55. The van der Waals surface area contributed by atoms with E-state index < -0.39 is 29.4 Å². The van der Waals surface area contributed by atoms with Crippen LogP contribution in [0.4, 0.5) is 8.78 Å². The van der Waals surface area contributed by atoms with Crippen LogP contribution in [0.3, 0.4) is 0 Å². The first-order valence-corrected chi connectivity index (χ1v) is 15.3. The van der Waals surface area contributed by atoms with Crippen LogP contribution < -0.4 is 10.1 Å².